The molecule has 0 aromatic heterocycles. The molecule has 3 N–H and O–H groups in total. The van der Waals surface area contributed by atoms with Gasteiger partial charge in [0.15, 0.2) is 0 Å². The smallest absolute Gasteiger partial charge is 0.303 e. The fraction of sp³-hybridized carbons (Fsp3) is 0.0769. The molecule has 96 valence electrons. The number of benzene rings is 2. The summed E-state index contributed by atoms with van der Waals surface area (Å²) in [7, 11) is -4.64. The average molecular weight is 266 g/mol. The normalized spacial score (nSPS) is 10.4. The molecule has 2 rings (SSSR count). The Labute approximate surface area is 106 Å². The van der Waals surface area contributed by atoms with Gasteiger partial charge < -0.3 is 14.7 Å². The lowest BCUT2D eigenvalue weighted by Gasteiger charge is -2.04. The van der Waals surface area contributed by atoms with E-state index in [9.17, 15) is 0 Å². The van der Waals surface area contributed by atoms with Gasteiger partial charge in [0.05, 0.1) is 0 Å². The lowest BCUT2D eigenvalue weighted by molar-refractivity contribution is 0.275. The second kappa shape index (κ2) is 6.47. The predicted octanol–water partition coefficient (Wildman–Crippen LogP) is 2.73. The number of rotatable bonds is 1. The number of hydrogen-bond donors (Lipinski definition) is 3. The first-order valence-electron chi connectivity index (χ1n) is 5.27. The average Bonchev–Trinajstić information content (AvgIpc) is 2.29. The first kappa shape index (κ1) is 14.6. The highest BCUT2D eigenvalue weighted by atomic mass is 31.2. The van der Waals surface area contributed by atoms with Crippen LogP contribution in [0.5, 0.6) is 0 Å². The molecule has 0 saturated carbocycles. The van der Waals surface area contributed by atoms with Crippen LogP contribution in [0.2, 0.25) is 0 Å². The predicted molar refractivity (Wildman–Crippen MR) is 70.9 cm³/mol. The Bertz CT molecular complexity index is 525. The van der Waals surface area contributed by atoms with Crippen LogP contribution in [0, 0.1) is 6.92 Å². The topological polar surface area (TPSA) is 77.8 Å². The highest BCUT2D eigenvalue weighted by Crippen LogP contribution is 2.25. The van der Waals surface area contributed by atoms with Crippen LogP contribution in [-0.4, -0.2) is 14.7 Å². The third kappa shape index (κ3) is 5.75. The monoisotopic (exact) mass is 266 g/mol. The Morgan fingerprint density at radius 1 is 0.833 bits per heavy atom. The summed E-state index contributed by atoms with van der Waals surface area (Å²) in [6.07, 6.45) is 0. The van der Waals surface area contributed by atoms with Crippen molar-refractivity contribution in [2.75, 3.05) is 0 Å². The molecule has 0 aliphatic heterocycles. The van der Waals surface area contributed by atoms with Gasteiger partial charge in [0, 0.05) is 0 Å². The molecule has 0 unspecified atom stereocenters. The second-order valence-electron chi connectivity index (χ2n) is 3.69. The first-order chi connectivity index (χ1) is 8.38. The summed E-state index contributed by atoms with van der Waals surface area (Å²) >= 11 is 0. The first-order valence-corrected chi connectivity index (χ1v) is 6.84. The molecule has 0 heterocycles. The third-order valence-corrected chi connectivity index (χ3v) is 2.23. The molecule has 0 aliphatic carbocycles. The molecule has 0 aliphatic rings. The summed E-state index contributed by atoms with van der Waals surface area (Å²) in [5, 5.41) is 0. The van der Waals surface area contributed by atoms with Crippen molar-refractivity contribution in [1.29, 1.82) is 0 Å². The van der Waals surface area contributed by atoms with Gasteiger partial charge >= 0.3 is 7.82 Å². The van der Waals surface area contributed by atoms with E-state index in [1.165, 1.54) is 16.7 Å². The maximum Gasteiger partial charge on any atom is 0.466 e. The van der Waals surface area contributed by atoms with Crippen LogP contribution in [0.4, 0.5) is 0 Å². The summed E-state index contributed by atoms with van der Waals surface area (Å²) < 4.78 is 8.88. The highest BCUT2D eigenvalue weighted by Gasteiger charge is 2.00. The Morgan fingerprint density at radius 3 is 1.78 bits per heavy atom. The van der Waals surface area contributed by atoms with Crippen LogP contribution in [0.25, 0.3) is 11.1 Å². The zero-order valence-electron chi connectivity index (χ0n) is 9.89. The molecule has 5 heteroatoms. The minimum atomic E-state index is -4.64. The summed E-state index contributed by atoms with van der Waals surface area (Å²) in [4.78, 5) is 21.6. The van der Waals surface area contributed by atoms with Crippen molar-refractivity contribution >= 4 is 7.82 Å². The van der Waals surface area contributed by atoms with E-state index in [1.807, 2.05) is 6.07 Å². The number of aryl methyl sites for hydroxylation is 1. The molecule has 0 amide bonds. The Morgan fingerprint density at radius 2 is 1.28 bits per heavy atom. The molecule has 0 fully saturated rings. The van der Waals surface area contributed by atoms with Gasteiger partial charge in [-0.1, -0.05) is 54.6 Å². The van der Waals surface area contributed by atoms with Crippen LogP contribution in [0.15, 0.2) is 54.6 Å². The van der Waals surface area contributed by atoms with Gasteiger partial charge in [0.2, 0.25) is 0 Å². The van der Waals surface area contributed by atoms with Crippen molar-refractivity contribution in [1.82, 2.24) is 0 Å². The van der Waals surface area contributed by atoms with Crippen molar-refractivity contribution in [3.05, 3.63) is 60.2 Å². The Kier molecular flexibility index (Phi) is 5.25. The van der Waals surface area contributed by atoms with E-state index in [0.717, 1.165) is 0 Å². The summed E-state index contributed by atoms with van der Waals surface area (Å²) in [6, 6.07) is 18.9. The summed E-state index contributed by atoms with van der Waals surface area (Å²) in [5.41, 5.74) is 3.94. The van der Waals surface area contributed by atoms with Crippen LogP contribution in [0.1, 0.15) is 5.56 Å². The number of phosphoric acid groups is 1. The van der Waals surface area contributed by atoms with Crippen molar-refractivity contribution in [3.63, 3.8) is 0 Å². The van der Waals surface area contributed by atoms with Crippen LogP contribution in [-0.2, 0) is 4.57 Å². The van der Waals surface area contributed by atoms with Gasteiger partial charge in [-0.15, -0.1) is 0 Å². The minimum Gasteiger partial charge on any atom is -0.303 e. The zero-order chi connectivity index (χ0) is 13.6. The second-order valence-corrected chi connectivity index (χ2v) is 4.72. The summed E-state index contributed by atoms with van der Waals surface area (Å²) in [5.74, 6) is 0. The van der Waals surface area contributed by atoms with Crippen molar-refractivity contribution in [3.8, 4) is 11.1 Å². The summed E-state index contributed by atoms with van der Waals surface area (Å²) in [6.45, 7) is 2.14. The van der Waals surface area contributed by atoms with Gasteiger partial charge in [-0.3, -0.25) is 0 Å². The van der Waals surface area contributed by atoms with E-state index >= 15 is 0 Å². The van der Waals surface area contributed by atoms with Gasteiger partial charge in [-0.2, -0.15) is 0 Å². The molecule has 0 spiro atoms. The Balaban J connectivity index is 0.000000280. The molecule has 2 aromatic rings. The van der Waals surface area contributed by atoms with Gasteiger partial charge in [-0.05, 0) is 23.6 Å². The standard InChI is InChI=1S/C13H12.H3O4P/c1-11-7-5-6-10-13(11)12-8-3-2-4-9-12;1-5(2,3)4/h2-10H,1H3;(H3,1,2,3,4). The molecule has 0 bridgehead atoms. The van der Waals surface area contributed by atoms with E-state index < -0.39 is 7.82 Å². The van der Waals surface area contributed by atoms with Crippen LogP contribution in [0.3, 0.4) is 0 Å². The van der Waals surface area contributed by atoms with Gasteiger partial charge in [0.1, 0.15) is 0 Å². The molecule has 0 saturated heterocycles. The van der Waals surface area contributed by atoms with E-state index in [-0.39, 0.29) is 0 Å². The van der Waals surface area contributed by atoms with Crippen LogP contribution < -0.4 is 0 Å². The van der Waals surface area contributed by atoms with E-state index in [1.54, 1.807) is 0 Å². The zero-order valence-corrected chi connectivity index (χ0v) is 10.8. The van der Waals surface area contributed by atoms with Crippen LogP contribution >= 0.6 is 7.82 Å². The fourth-order valence-corrected chi connectivity index (χ4v) is 1.51. The van der Waals surface area contributed by atoms with E-state index in [0.29, 0.717) is 0 Å². The van der Waals surface area contributed by atoms with Crippen molar-refractivity contribution in [2.45, 2.75) is 6.92 Å². The number of hydrogen-bond acceptors (Lipinski definition) is 1. The van der Waals surface area contributed by atoms with E-state index in [4.69, 9.17) is 19.2 Å². The quantitative estimate of drug-likeness (QED) is 0.693. The maximum atomic E-state index is 8.88. The molecular formula is C13H15O4P. The Hall–Kier alpha value is -1.45. The third-order valence-electron chi connectivity index (χ3n) is 2.23. The highest BCUT2D eigenvalue weighted by molar-refractivity contribution is 7.45. The van der Waals surface area contributed by atoms with Gasteiger partial charge in [-0.25, -0.2) is 4.57 Å². The minimum absolute atomic E-state index is 1.29. The molecular weight excluding hydrogens is 251 g/mol. The lowest BCUT2D eigenvalue weighted by Crippen LogP contribution is -1.80. The molecule has 18 heavy (non-hydrogen) atoms. The molecule has 2 aromatic carbocycles. The van der Waals surface area contributed by atoms with E-state index in [2.05, 4.69) is 55.5 Å². The molecule has 0 atom stereocenters. The molecule has 0 radical (unpaired) electrons. The SMILES string of the molecule is Cc1ccccc1-c1ccccc1.O=P(O)(O)O. The van der Waals surface area contributed by atoms with Crippen molar-refractivity contribution < 1.29 is 19.2 Å². The lowest BCUT2D eigenvalue weighted by atomic mass is 10.0. The largest absolute Gasteiger partial charge is 0.466 e. The molecule has 4 nitrogen and oxygen atoms in total. The maximum absolute atomic E-state index is 8.88. The van der Waals surface area contributed by atoms with Crippen molar-refractivity contribution in [2.24, 2.45) is 0 Å². The van der Waals surface area contributed by atoms with Gasteiger partial charge in [0.25, 0.3) is 0 Å². The fourth-order valence-electron chi connectivity index (χ4n) is 1.51.